The summed E-state index contributed by atoms with van der Waals surface area (Å²) >= 11 is 0. The maximum atomic E-state index is 10.3. The number of hydrogen-bond acceptors (Lipinski definition) is 2. The number of aromatic hydroxyl groups is 1. The van der Waals surface area contributed by atoms with Crippen molar-refractivity contribution in [1.29, 1.82) is 0 Å². The van der Waals surface area contributed by atoms with Crippen molar-refractivity contribution in [3.8, 4) is 5.75 Å². The van der Waals surface area contributed by atoms with Crippen molar-refractivity contribution >= 4 is 5.97 Å². The van der Waals surface area contributed by atoms with Crippen LogP contribution in [0.15, 0.2) is 24.3 Å². The monoisotopic (exact) mass is 263 g/mol. The van der Waals surface area contributed by atoms with Crippen LogP contribution in [0, 0.1) is 0 Å². The fraction of sp³-hybridized carbons (Fsp3) is 0. The second-order valence-electron chi connectivity index (χ2n) is 1.82. The van der Waals surface area contributed by atoms with Crippen LogP contribution in [0.4, 0.5) is 0 Å². The van der Waals surface area contributed by atoms with Crippen LogP contribution in [-0.4, -0.2) is 21.7 Å². The van der Waals surface area contributed by atoms with E-state index >= 15 is 0 Å². The third-order valence-electron chi connectivity index (χ3n) is 1.13. The number of carbonyl (C=O) groups is 1. The zero-order valence-electron chi connectivity index (χ0n) is 5.91. The Morgan fingerprint density at radius 3 is 2.08 bits per heavy atom. The Balaban J connectivity index is 0. The molecule has 1 aromatic carbocycles. The minimum absolute atomic E-state index is 0. The van der Waals surface area contributed by atoms with Gasteiger partial charge in [0.2, 0.25) is 0 Å². The molecule has 5 heteroatoms. The molecule has 0 saturated heterocycles. The van der Waals surface area contributed by atoms with Gasteiger partial charge in [-0.2, -0.15) is 0 Å². The zero-order valence-corrected chi connectivity index (χ0v) is 7.40. The van der Waals surface area contributed by atoms with E-state index in [1.807, 2.05) is 0 Å². The van der Waals surface area contributed by atoms with Gasteiger partial charge in [-0.15, -0.1) is 0 Å². The van der Waals surface area contributed by atoms with E-state index in [-0.39, 0.29) is 39.2 Å². The molecule has 71 valence electrons. The summed E-state index contributed by atoms with van der Waals surface area (Å²) in [6.45, 7) is 0. The second-order valence-corrected chi connectivity index (χ2v) is 1.82. The van der Waals surface area contributed by atoms with Crippen molar-refractivity contribution in [2.24, 2.45) is 0 Å². The Morgan fingerprint density at radius 2 is 1.75 bits per heavy atom. The number of carboxylic acid groups (broad SMARTS) is 1. The number of hydrogen-bond donors (Lipinski definition) is 2. The van der Waals surface area contributed by atoms with Gasteiger partial charge in [-0.3, -0.25) is 0 Å². The summed E-state index contributed by atoms with van der Waals surface area (Å²) in [4.78, 5) is 10.3. The Kier molecular flexibility index (Phi) is 6.64. The molecule has 0 spiro atoms. The first-order valence-corrected chi connectivity index (χ1v) is 2.73. The SMILES string of the molecule is O.O=C(O)c1ccccc1O.[Ag]. The molecule has 0 heterocycles. The Hall–Kier alpha value is -0.810. The number of benzene rings is 1. The molecule has 0 unspecified atom stereocenters. The minimum Gasteiger partial charge on any atom is -0.507 e. The minimum atomic E-state index is -1.11. The van der Waals surface area contributed by atoms with E-state index in [9.17, 15) is 4.79 Å². The fourth-order valence-electron chi connectivity index (χ4n) is 0.654. The smallest absolute Gasteiger partial charge is 0.339 e. The van der Waals surface area contributed by atoms with Crippen LogP contribution in [0.1, 0.15) is 10.4 Å². The molecular weight excluding hydrogens is 256 g/mol. The summed E-state index contributed by atoms with van der Waals surface area (Å²) in [5, 5.41) is 17.3. The van der Waals surface area contributed by atoms with Crippen LogP contribution >= 0.6 is 0 Å². The summed E-state index contributed by atoms with van der Waals surface area (Å²) in [7, 11) is 0. The van der Waals surface area contributed by atoms with Gasteiger partial charge < -0.3 is 15.7 Å². The predicted octanol–water partition coefficient (Wildman–Crippen LogP) is 0.263. The predicted molar refractivity (Wildman–Crippen MR) is 38.7 cm³/mol. The van der Waals surface area contributed by atoms with Gasteiger partial charge in [0.25, 0.3) is 0 Å². The van der Waals surface area contributed by atoms with Gasteiger partial charge in [0.15, 0.2) is 0 Å². The van der Waals surface area contributed by atoms with Crippen molar-refractivity contribution < 1.29 is 42.9 Å². The molecule has 0 aliphatic heterocycles. The first kappa shape index (κ1) is 13.8. The summed E-state index contributed by atoms with van der Waals surface area (Å²) in [5.41, 5.74) is -0.0671. The quantitative estimate of drug-likeness (QED) is 0.713. The van der Waals surface area contributed by atoms with E-state index in [0.717, 1.165) is 0 Å². The molecule has 4 N–H and O–H groups in total. The molecule has 1 rings (SSSR count). The fourth-order valence-corrected chi connectivity index (χ4v) is 0.654. The number of carboxylic acids is 1. The number of phenols is 1. The molecule has 12 heavy (non-hydrogen) atoms. The van der Waals surface area contributed by atoms with E-state index in [1.54, 1.807) is 12.1 Å². The standard InChI is InChI=1S/C7H6O3.Ag.H2O/c8-6-4-2-1-3-5(6)7(9)10;;/h1-4,8H,(H,9,10);;1H2. The van der Waals surface area contributed by atoms with E-state index in [2.05, 4.69) is 0 Å². The van der Waals surface area contributed by atoms with Gasteiger partial charge in [-0.25, -0.2) is 4.79 Å². The summed E-state index contributed by atoms with van der Waals surface area (Å²) in [6.07, 6.45) is 0. The molecule has 0 aliphatic rings. The average molecular weight is 264 g/mol. The molecule has 0 fully saturated rings. The number of para-hydroxylation sites is 1. The van der Waals surface area contributed by atoms with Gasteiger partial charge in [-0.1, -0.05) is 12.1 Å². The van der Waals surface area contributed by atoms with Crippen LogP contribution in [0.2, 0.25) is 0 Å². The molecule has 1 radical (unpaired) electrons. The van der Waals surface area contributed by atoms with E-state index in [4.69, 9.17) is 10.2 Å². The third-order valence-corrected chi connectivity index (χ3v) is 1.13. The normalized spacial score (nSPS) is 7.67. The Bertz CT molecular complexity index is 261. The molecule has 4 nitrogen and oxygen atoms in total. The largest absolute Gasteiger partial charge is 0.507 e. The molecule has 0 saturated carbocycles. The summed E-state index contributed by atoms with van der Waals surface area (Å²) < 4.78 is 0. The first-order chi connectivity index (χ1) is 4.72. The van der Waals surface area contributed by atoms with Crippen molar-refractivity contribution in [2.45, 2.75) is 0 Å². The van der Waals surface area contributed by atoms with Crippen LogP contribution in [0.5, 0.6) is 5.75 Å². The molecule has 0 aromatic heterocycles. The van der Waals surface area contributed by atoms with E-state index < -0.39 is 5.97 Å². The van der Waals surface area contributed by atoms with E-state index in [0.29, 0.717) is 0 Å². The van der Waals surface area contributed by atoms with Gasteiger partial charge in [0.1, 0.15) is 11.3 Å². The van der Waals surface area contributed by atoms with Crippen LogP contribution in [0.25, 0.3) is 0 Å². The van der Waals surface area contributed by atoms with Gasteiger partial charge in [0, 0.05) is 22.4 Å². The van der Waals surface area contributed by atoms with Gasteiger partial charge >= 0.3 is 5.97 Å². The van der Waals surface area contributed by atoms with E-state index in [1.165, 1.54) is 12.1 Å². The third kappa shape index (κ3) is 3.06. The summed E-state index contributed by atoms with van der Waals surface area (Å²) in [6, 6.07) is 5.81. The van der Waals surface area contributed by atoms with Crippen molar-refractivity contribution in [1.82, 2.24) is 0 Å². The van der Waals surface area contributed by atoms with Crippen LogP contribution in [0.3, 0.4) is 0 Å². The number of rotatable bonds is 1. The molecule has 0 atom stereocenters. The topological polar surface area (TPSA) is 89.0 Å². The zero-order chi connectivity index (χ0) is 7.56. The Labute approximate surface area is 84.7 Å². The summed E-state index contributed by atoms with van der Waals surface area (Å²) in [5.74, 6) is -1.31. The van der Waals surface area contributed by atoms with Crippen molar-refractivity contribution in [3.05, 3.63) is 29.8 Å². The molecule has 0 bridgehead atoms. The molecule has 0 aliphatic carbocycles. The maximum absolute atomic E-state index is 10.3. The second kappa shape index (κ2) is 5.79. The molecule has 0 amide bonds. The van der Waals surface area contributed by atoms with Crippen LogP contribution < -0.4 is 0 Å². The first-order valence-electron chi connectivity index (χ1n) is 2.73. The van der Waals surface area contributed by atoms with Crippen molar-refractivity contribution in [2.75, 3.05) is 0 Å². The maximum Gasteiger partial charge on any atom is 0.339 e. The van der Waals surface area contributed by atoms with Crippen LogP contribution in [-0.2, 0) is 22.4 Å². The molecule has 1 aromatic rings. The molecular formula is C7H8AgO4. The number of aromatic carboxylic acids is 1. The van der Waals surface area contributed by atoms with Gasteiger partial charge in [0.05, 0.1) is 0 Å². The van der Waals surface area contributed by atoms with Gasteiger partial charge in [-0.05, 0) is 12.1 Å². The Morgan fingerprint density at radius 1 is 1.25 bits per heavy atom. The average Bonchev–Trinajstić information content (AvgIpc) is 1.88. The van der Waals surface area contributed by atoms with Crippen molar-refractivity contribution in [3.63, 3.8) is 0 Å².